The first kappa shape index (κ1) is 13.5. The number of aryl methyl sites for hydroxylation is 1. The number of aromatic nitrogens is 4. The van der Waals surface area contributed by atoms with E-state index in [1.165, 1.54) is 0 Å². The minimum absolute atomic E-state index is 0.0488. The van der Waals surface area contributed by atoms with Gasteiger partial charge < -0.3 is 5.32 Å². The highest BCUT2D eigenvalue weighted by Gasteiger charge is 2.11. The fourth-order valence-corrected chi connectivity index (χ4v) is 2.16. The van der Waals surface area contributed by atoms with Crippen molar-refractivity contribution in [3.8, 4) is 0 Å². The van der Waals surface area contributed by atoms with Crippen LogP contribution in [0.4, 0.5) is 0 Å². The van der Waals surface area contributed by atoms with E-state index >= 15 is 0 Å². The Bertz CT molecular complexity index is 542. The molecule has 0 aliphatic rings. The maximum Gasteiger partial charge on any atom is 0.167 e. The van der Waals surface area contributed by atoms with Crippen molar-refractivity contribution in [1.29, 1.82) is 0 Å². The van der Waals surface area contributed by atoms with Crippen LogP contribution in [-0.4, -0.2) is 19.7 Å². The minimum atomic E-state index is 0.0488. The molecule has 0 aliphatic heterocycles. The Morgan fingerprint density at radius 1 is 1.50 bits per heavy atom. The van der Waals surface area contributed by atoms with Crippen LogP contribution >= 0.6 is 27.5 Å². The first-order chi connectivity index (χ1) is 8.56. The third-order valence-corrected chi connectivity index (χ3v) is 3.23. The second-order valence-electron chi connectivity index (χ2n) is 3.96. The Kier molecular flexibility index (Phi) is 4.31. The van der Waals surface area contributed by atoms with Crippen molar-refractivity contribution < 1.29 is 0 Å². The smallest absolute Gasteiger partial charge is 0.167 e. The summed E-state index contributed by atoms with van der Waals surface area (Å²) in [5.41, 5.74) is 0.808. The van der Waals surface area contributed by atoms with Crippen molar-refractivity contribution in [2.24, 2.45) is 7.05 Å². The molecular formula is C11H13BrClN5. The highest BCUT2D eigenvalue weighted by atomic mass is 79.9. The predicted molar refractivity (Wildman–Crippen MR) is 73.2 cm³/mol. The normalized spacial score (nSPS) is 12.7. The van der Waals surface area contributed by atoms with Crippen molar-refractivity contribution in [2.45, 2.75) is 19.5 Å². The maximum absolute atomic E-state index is 6.10. The number of rotatable bonds is 4. The first-order valence-corrected chi connectivity index (χ1v) is 6.62. The SMILES string of the molecule is CC(NCc1ncc(Br)cc1Cl)c1ncn(C)n1. The highest BCUT2D eigenvalue weighted by molar-refractivity contribution is 9.10. The van der Waals surface area contributed by atoms with Crippen molar-refractivity contribution >= 4 is 27.5 Å². The lowest BCUT2D eigenvalue weighted by Crippen LogP contribution is -2.20. The van der Waals surface area contributed by atoms with Crippen LogP contribution < -0.4 is 5.32 Å². The van der Waals surface area contributed by atoms with Crippen LogP contribution in [0.3, 0.4) is 0 Å². The number of halogens is 2. The van der Waals surface area contributed by atoms with Crippen LogP contribution in [0, 0.1) is 0 Å². The third kappa shape index (κ3) is 3.28. The zero-order chi connectivity index (χ0) is 13.1. The standard InChI is InChI=1S/C11H13BrClN5/c1-7(11-16-6-18(2)17-11)14-5-10-9(13)3-8(12)4-15-10/h3-4,6-7,14H,5H2,1-2H3. The Balaban J connectivity index is 1.99. The first-order valence-electron chi connectivity index (χ1n) is 5.45. The van der Waals surface area contributed by atoms with Gasteiger partial charge in [0.1, 0.15) is 6.33 Å². The topological polar surface area (TPSA) is 55.6 Å². The summed E-state index contributed by atoms with van der Waals surface area (Å²) in [6.45, 7) is 2.58. The fourth-order valence-electron chi connectivity index (χ4n) is 1.47. The summed E-state index contributed by atoms with van der Waals surface area (Å²) >= 11 is 9.42. The molecule has 0 aliphatic carbocycles. The summed E-state index contributed by atoms with van der Waals surface area (Å²) in [5, 5.41) is 8.17. The monoisotopic (exact) mass is 329 g/mol. The van der Waals surface area contributed by atoms with Gasteiger partial charge in [0, 0.05) is 24.3 Å². The van der Waals surface area contributed by atoms with Crippen molar-refractivity contribution in [3.63, 3.8) is 0 Å². The van der Waals surface area contributed by atoms with Crippen LogP contribution in [0.1, 0.15) is 24.5 Å². The Hall–Kier alpha value is -0.980. The molecule has 7 heteroatoms. The molecule has 0 saturated heterocycles. The molecule has 5 nitrogen and oxygen atoms in total. The van der Waals surface area contributed by atoms with Crippen molar-refractivity contribution in [3.05, 3.63) is 39.6 Å². The van der Waals surface area contributed by atoms with Gasteiger partial charge in [0.15, 0.2) is 5.82 Å². The van der Waals surface area contributed by atoms with E-state index in [1.807, 2.05) is 20.0 Å². The van der Waals surface area contributed by atoms with E-state index in [0.717, 1.165) is 16.0 Å². The van der Waals surface area contributed by atoms with E-state index in [0.29, 0.717) is 11.6 Å². The van der Waals surface area contributed by atoms with E-state index in [-0.39, 0.29) is 6.04 Å². The molecular weight excluding hydrogens is 318 g/mol. The lowest BCUT2D eigenvalue weighted by atomic mass is 10.3. The third-order valence-electron chi connectivity index (χ3n) is 2.46. The Morgan fingerprint density at radius 2 is 2.28 bits per heavy atom. The number of nitrogens with zero attached hydrogens (tertiary/aromatic N) is 4. The van der Waals surface area contributed by atoms with Gasteiger partial charge in [-0.3, -0.25) is 9.67 Å². The molecule has 2 rings (SSSR count). The summed E-state index contributed by atoms with van der Waals surface area (Å²) < 4.78 is 2.55. The van der Waals surface area contributed by atoms with E-state index in [4.69, 9.17) is 11.6 Å². The van der Waals surface area contributed by atoms with Crippen molar-refractivity contribution in [1.82, 2.24) is 25.1 Å². The molecule has 0 saturated carbocycles. The molecule has 0 spiro atoms. The Morgan fingerprint density at radius 3 is 2.89 bits per heavy atom. The summed E-state index contributed by atoms with van der Waals surface area (Å²) in [5.74, 6) is 0.755. The van der Waals surface area contributed by atoms with Gasteiger partial charge in [-0.2, -0.15) is 5.10 Å². The van der Waals surface area contributed by atoms with Crippen LogP contribution in [0.2, 0.25) is 5.02 Å². The molecule has 2 aromatic rings. The van der Waals surface area contributed by atoms with Gasteiger partial charge in [0.25, 0.3) is 0 Å². The molecule has 0 fully saturated rings. The second kappa shape index (κ2) is 5.77. The predicted octanol–water partition coefficient (Wildman–Crippen LogP) is 2.48. The van der Waals surface area contributed by atoms with Crippen LogP contribution in [0.15, 0.2) is 23.1 Å². The van der Waals surface area contributed by atoms with E-state index < -0.39 is 0 Å². The molecule has 0 bridgehead atoms. The van der Waals surface area contributed by atoms with Gasteiger partial charge in [-0.05, 0) is 28.9 Å². The molecule has 1 atom stereocenters. The van der Waals surface area contributed by atoms with E-state index in [9.17, 15) is 0 Å². The number of hydrogen-bond donors (Lipinski definition) is 1. The van der Waals surface area contributed by atoms with Gasteiger partial charge >= 0.3 is 0 Å². The lowest BCUT2D eigenvalue weighted by molar-refractivity contribution is 0.536. The zero-order valence-corrected chi connectivity index (χ0v) is 12.4. The molecule has 2 aromatic heterocycles. The van der Waals surface area contributed by atoms with Crippen molar-refractivity contribution in [2.75, 3.05) is 0 Å². The maximum atomic E-state index is 6.10. The molecule has 1 N–H and O–H groups in total. The van der Waals surface area contributed by atoms with Crippen LogP contribution in [0.25, 0.3) is 0 Å². The molecule has 0 aromatic carbocycles. The minimum Gasteiger partial charge on any atom is -0.302 e. The summed E-state index contributed by atoms with van der Waals surface area (Å²) in [6, 6.07) is 1.88. The largest absolute Gasteiger partial charge is 0.302 e. The zero-order valence-electron chi connectivity index (χ0n) is 10.1. The number of nitrogens with one attached hydrogen (secondary N) is 1. The van der Waals surface area contributed by atoms with Gasteiger partial charge in [0.05, 0.1) is 16.8 Å². The van der Waals surface area contributed by atoms with Gasteiger partial charge in [-0.1, -0.05) is 11.6 Å². The molecule has 0 amide bonds. The van der Waals surface area contributed by atoms with Gasteiger partial charge in [-0.25, -0.2) is 4.98 Å². The molecule has 2 heterocycles. The van der Waals surface area contributed by atoms with E-state index in [2.05, 4.69) is 36.3 Å². The summed E-state index contributed by atoms with van der Waals surface area (Å²) in [4.78, 5) is 8.45. The van der Waals surface area contributed by atoms with Crippen LogP contribution in [0.5, 0.6) is 0 Å². The second-order valence-corrected chi connectivity index (χ2v) is 5.28. The number of hydrogen-bond acceptors (Lipinski definition) is 4. The average Bonchev–Trinajstić information content (AvgIpc) is 2.74. The highest BCUT2D eigenvalue weighted by Crippen LogP contribution is 2.19. The van der Waals surface area contributed by atoms with Gasteiger partial charge in [-0.15, -0.1) is 0 Å². The van der Waals surface area contributed by atoms with E-state index in [1.54, 1.807) is 17.2 Å². The Labute approximate surface area is 119 Å². The summed E-state index contributed by atoms with van der Waals surface area (Å²) in [7, 11) is 1.84. The fraction of sp³-hybridized carbons (Fsp3) is 0.364. The average molecular weight is 331 g/mol. The molecule has 0 radical (unpaired) electrons. The summed E-state index contributed by atoms with van der Waals surface area (Å²) in [6.07, 6.45) is 3.41. The van der Waals surface area contributed by atoms with Crippen LogP contribution in [-0.2, 0) is 13.6 Å². The lowest BCUT2D eigenvalue weighted by Gasteiger charge is -2.10. The quantitative estimate of drug-likeness (QED) is 0.936. The number of pyridine rings is 1. The molecule has 18 heavy (non-hydrogen) atoms. The van der Waals surface area contributed by atoms with Gasteiger partial charge in [0.2, 0.25) is 0 Å². The molecule has 1 unspecified atom stereocenters. The molecule has 96 valence electrons.